The Labute approximate surface area is 126 Å². The van der Waals surface area contributed by atoms with E-state index in [0.717, 1.165) is 0 Å². The molecule has 3 rings (SSSR count). The number of nitro groups is 1. The molecule has 8 heteroatoms. The third-order valence-corrected chi connectivity index (χ3v) is 3.76. The molecule has 1 fully saturated rings. The van der Waals surface area contributed by atoms with Crippen LogP contribution in [0.4, 0.5) is 5.69 Å². The Morgan fingerprint density at radius 3 is 2.86 bits per heavy atom. The second-order valence-electron chi connectivity index (χ2n) is 5.08. The summed E-state index contributed by atoms with van der Waals surface area (Å²) in [5, 5.41) is 15.7. The van der Waals surface area contributed by atoms with Crippen LogP contribution in [-0.4, -0.2) is 51.8 Å². The molecule has 2 heterocycles. The van der Waals surface area contributed by atoms with Crippen molar-refractivity contribution in [3.63, 3.8) is 0 Å². The fraction of sp³-hybridized carbons (Fsp3) is 0.429. The van der Waals surface area contributed by atoms with Gasteiger partial charge in [-0.05, 0) is 6.07 Å². The molecule has 0 bridgehead atoms. The maximum atomic E-state index is 12.1. The van der Waals surface area contributed by atoms with Crippen molar-refractivity contribution in [1.82, 2.24) is 14.7 Å². The highest BCUT2D eigenvalue weighted by molar-refractivity contribution is 5.88. The van der Waals surface area contributed by atoms with Crippen molar-refractivity contribution in [2.75, 3.05) is 26.3 Å². The maximum Gasteiger partial charge on any atom is 0.280 e. The number of carbonyl (C=O) groups is 1. The van der Waals surface area contributed by atoms with Crippen molar-refractivity contribution in [3.8, 4) is 0 Å². The Kier molecular flexibility index (Phi) is 4.01. The second kappa shape index (κ2) is 6.10. The van der Waals surface area contributed by atoms with E-state index in [4.69, 9.17) is 4.74 Å². The van der Waals surface area contributed by atoms with Crippen LogP contribution in [0, 0.1) is 10.1 Å². The second-order valence-corrected chi connectivity index (χ2v) is 5.08. The summed E-state index contributed by atoms with van der Waals surface area (Å²) < 4.78 is 6.86. The van der Waals surface area contributed by atoms with Crippen molar-refractivity contribution in [2.24, 2.45) is 0 Å². The lowest BCUT2D eigenvalue weighted by molar-refractivity contribution is -0.383. The Balaban J connectivity index is 1.73. The van der Waals surface area contributed by atoms with Crippen LogP contribution in [-0.2, 0) is 16.1 Å². The summed E-state index contributed by atoms with van der Waals surface area (Å²) in [5.74, 6) is 0.0531. The molecule has 0 saturated carbocycles. The zero-order valence-electron chi connectivity index (χ0n) is 12.0. The molecule has 0 spiro atoms. The minimum absolute atomic E-state index is 0.0308. The van der Waals surface area contributed by atoms with E-state index in [1.54, 1.807) is 21.7 Å². The number of rotatable bonds is 4. The number of nitrogens with zero attached hydrogens (tertiary/aromatic N) is 4. The van der Waals surface area contributed by atoms with Crippen molar-refractivity contribution < 1.29 is 14.5 Å². The van der Waals surface area contributed by atoms with E-state index in [1.807, 2.05) is 0 Å². The lowest BCUT2D eigenvalue weighted by atomic mass is 10.2. The van der Waals surface area contributed by atoms with Crippen molar-refractivity contribution in [2.45, 2.75) is 13.0 Å². The average molecular weight is 304 g/mol. The average Bonchev–Trinajstić information content (AvgIpc) is 2.96. The number of ether oxygens (including phenoxy) is 1. The molecule has 0 aliphatic carbocycles. The largest absolute Gasteiger partial charge is 0.378 e. The van der Waals surface area contributed by atoms with Gasteiger partial charge in [-0.1, -0.05) is 6.07 Å². The monoisotopic (exact) mass is 304 g/mol. The Bertz CT molecular complexity index is 706. The van der Waals surface area contributed by atoms with E-state index in [0.29, 0.717) is 50.2 Å². The van der Waals surface area contributed by atoms with Crippen LogP contribution in [0.5, 0.6) is 0 Å². The van der Waals surface area contributed by atoms with Crippen LogP contribution in [0.15, 0.2) is 24.4 Å². The molecule has 1 aliphatic rings. The number of hydrogen-bond acceptors (Lipinski definition) is 5. The van der Waals surface area contributed by atoms with Gasteiger partial charge in [0, 0.05) is 25.6 Å². The molecular weight excluding hydrogens is 288 g/mol. The highest BCUT2D eigenvalue weighted by Gasteiger charge is 2.18. The molecule has 2 aromatic rings. The summed E-state index contributed by atoms with van der Waals surface area (Å²) in [5.41, 5.74) is 0.701. The van der Waals surface area contributed by atoms with Gasteiger partial charge in [0.25, 0.3) is 5.69 Å². The van der Waals surface area contributed by atoms with E-state index >= 15 is 0 Å². The van der Waals surface area contributed by atoms with Crippen LogP contribution in [0.3, 0.4) is 0 Å². The Morgan fingerprint density at radius 2 is 2.14 bits per heavy atom. The number of fused-ring (bicyclic) bond motifs is 1. The fourth-order valence-electron chi connectivity index (χ4n) is 2.60. The first-order chi connectivity index (χ1) is 10.7. The van der Waals surface area contributed by atoms with Crippen molar-refractivity contribution >= 4 is 22.5 Å². The molecule has 1 aliphatic heterocycles. The van der Waals surface area contributed by atoms with Crippen LogP contribution < -0.4 is 0 Å². The summed E-state index contributed by atoms with van der Waals surface area (Å²) in [7, 11) is 0. The van der Waals surface area contributed by atoms with Gasteiger partial charge < -0.3 is 9.64 Å². The van der Waals surface area contributed by atoms with Gasteiger partial charge in [-0.2, -0.15) is 5.10 Å². The van der Waals surface area contributed by atoms with Gasteiger partial charge in [-0.15, -0.1) is 0 Å². The SMILES string of the molecule is O=C(CCn1ncc2c([N+](=O)[O-])cccc21)N1CCOCC1. The molecule has 0 radical (unpaired) electrons. The van der Waals surface area contributed by atoms with Gasteiger partial charge >= 0.3 is 0 Å². The number of hydrogen-bond donors (Lipinski definition) is 0. The molecule has 0 N–H and O–H groups in total. The Morgan fingerprint density at radius 1 is 1.36 bits per heavy atom. The predicted octanol–water partition coefficient (Wildman–Crippen LogP) is 1.19. The van der Waals surface area contributed by atoms with Gasteiger partial charge in [-0.3, -0.25) is 19.6 Å². The van der Waals surface area contributed by atoms with Crippen LogP contribution in [0.2, 0.25) is 0 Å². The Hall–Kier alpha value is -2.48. The number of aromatic nitrogens is 2. The van der Waals surface area contributed by atoms with Gasteiger partial charge in [0.2, 0.25) is 5.91 Å². The highest BCUT2D eigenvalue weighted by Crippen LogP contribution is 2.25. The summed E-state index contributed by atoms with van der Waals surface area (Å²) >= 11 is 0. The van der Waals surface area contributed by atoms with Gasteiger partial charge in [-0.25, -0.2) is 0 Å². The maximum absolute atomic E-state index is 12.1. The molecular formula is C14H16N4O4. The number of nitro benzene ring substituents is 1. The molecule has 22 heavy (non-hydrogen) atoms. The minimum atomic E-state index is -0.423. The third kappa shape index (κ3) is 2.77. The van der Waals surface area contributed by atoms with E-state index in [-0.39, 0.29) is 11.6 Å². The third-order valence-electron chi connectivity index (χ3n) is 3.76. The highest BCUT2D eigenvalue weighted by atomic mass is 16.6. The first kappa shape index (κ1) is 14.5. The lowest BCUT2D eigenvalue weighted by Crippen LogP contribution is -2.41. The molecule has 116 valence electrons. The zero-order chi connectivity index (χ0) is 15.5. The van der Waals surface area contributed by atoms with Gasteiger partial charge in [0.15, 0.2) is 0 Å². The first-order valence-electron chi connectivity index (χ1n) is 7.11. The molecule has 1 aromatic heterocycles. The number of benzene rings is 1. The van der Waals surface area contributed by atoms with Gasteiger partial charge in [0.05, 0.1) is 41.8 Å². The molecule has 0 atom stereocenters. The smallest absolute Gasteiger partial charge is 0.280 e. The summed E-state index contributed by atoms with van der Waals surface area (Å²) in [6.07, 6.45) is 1.80. The van der Waals surface area contributed by atoms with Crippen LogP contribution in [0.25, 0.3) is 10.9 Å². The number of morpholine rings is 1. The molecule has 0 unspecified atom stereocenters. The summed E-state index contributed by atoms with van der Waals surface area (Å²) in [4.78, 5) is 24.5. The number of carbonyl (C=O) groups excluding carboxylic acids is 1. The van der Waals surface area contributed by atoms with Crippen molar-refractivity contribution in [3.05, 3.63) is 34.5 Å². The molecule has 1 saturated heterocycles. The lowest BCUT2D eigenvalue weighted by Gasteiger charge is -2.26. The summed E-state index contributed by atoms with van der Waals surface area (Å²) in [6.45, 7) is 2.78. The molecule has 8 nitrogen and oxygen atoms in total. The van der Waals surface area contributed by atoms with E-state index in [9.17, 15) is 14.9 Å². The fourth-order valence-corrected chi connectivity index (χ4v) is 2.60. The number of non-ortho nitro benzene ring substituents is 1. The number of amides is 1. The van der Waals surface area contributed by atoms with E-state index in [2.05, 4.69) is 5.10 Å². The van der Waals surface area contributed by atoms with E-state index < -0.39 is 4.92 Å². The molecule has 1 aromatic carbocycles. The quantitative estimate of drug-likeness (QED) is 0.625. The van der Waals surface area contributed by atoms with Crippen LogP contribution >= 0.6 is 0 Å². The normalized spacial score (nSPS) is 15.2. The predicted molar refractivity (Wildman–Crippen MR) is 78.4 cm³/mol. The van der Waals surface area contributed by atoms with Crippen LogP contribution in [0.1, 0.15) is 6.42 Å². The zero-order valence-corrected chi connectivity index (χ0v) is 12.0. The molecule has 1 amide bonds. The number of aryl methyl sites for hydroxylation is 1. The summed E-state index contributed by atoms with van der Waals surface area (Å²) in [6, 6.07) is 4.85. The van der Waals surface area contributed by atoms with Crippen molar-refractivity contribution in [1.29, 1.82) is 0 Å². The minimum Gasteiger partial charge on any atom is -0.378 e. The van der Waals surface area contributed by atoms with Gasteiger partial charge in [0.1, 0.15) is 0 Å². The first-order valence-corrected chi connectivity index (χ1v) is 7.11. The van der Waals surface area contributed by atoms with E-state index in [1.165, 1.54) is 12.3 Å². The standard InChI is InChI=1S/C14H16N4O4/c19-14(16-6-8-22-9-7-16)4-5-17-12-2-1-3-13(18(20)21)11(12)10-15-17/h1-3,10H,4-9H2. The topological polar surface area (TPSA) is 90.5 Å².